The SMILES string of the molecule is CC(C)(C#N)CCn1ccc(C(F)(F)F)n1. The Hall–Kier alpha value is -1.51. The Morgan fingerprint density at radius 3 is 2.50 bits per heavy atom. The van der Waals surface area contributed by atoms with Crippen LogP contribution in [-0.2, 0) is 12.7 Å². The van der Waals surface area contributed by atoms with Crippen LogP contribution in [0.3, 0.4) is 0 Å². The molecule has 0 radical (unpaired) electrons. The zero-order valence-corrected chi connectivity index (χ0v) is 9.04. The van der Waals surface area contributed by atoms with E-state index in [0.29, 0.717) is 13.0 Å². The van der Waals surface area contributed by atoms with Crippen LogP contribution in [0.4, 0.5) is 13.2 Å². The van der Waals surface area contributed by atoms with Crippen molar-refractivity contribution >= 4 is 0 Å². The Labute approximate surface area is 91.5 Å². The molecule has 3 nitrogen and oxygen atoms in total. The van der Waals surface area contributed by atoms with E-state index < -0.39 is 17.3 Å². The first-order chi connectivity index (χ1) is 7.24. The van der Waals surface area contributed by atoms with Gasteiger partial charge in [-0.2, -0.15) is 23.5 Å². The van der Waals surface area contributed by atoms with Crippen LogP contribution in [0.1, 0.15) is 26.0 Å². The van der Waals surface area contributed by atoms with Crippen molar-refractivity contribution < 1.29 is 13.2 Å². The zero-order valence-electron chi connectivity index (χ0n) is 9.04. The van der Waals surface area contributed by atoms with Crippen LogP contribution in [-0.4, -0.2) is 9.78 Å². The highest BCUT2D eigenvalue weighted by Crippen LogP contribution is 2.27. The first-order valence-corrected chi connectivity index (χ1v) is 4.76. The monoisotopic (exact) mass is 231 g/mol. The first-order valence-electron chi connectivity index (χ1n) is 4.76. The van der Waals surface area contributed by atoms with Gasteiger partial charge in [0.15, 0.2) is 5.69 Å². The van der Waals surface area contributed by atoms with Crippen molar-refractivity contribution in [2.24, 2.45) is 5.41 Å². The van der Waals surface area contributed by atoms with Crippen molar-refractivity contribution in [2.45, 2.75) is 33.0 Å². The Bertz CT molecular complexity index is 398. The summed E-state index contributed by atoms with van der Waals surface area (Å²) in [6, 6.07) is 3.02. The fraction of sp³-hybridized carbons (Fsp3) is 0.600. The van der Waals surface area contributed by atoms with Gasteiger partial charge < -0.3 is 0 Å². The van der Waals surface area contributed by atoms with Crippen molar-refractivity contribution in [1.82, 2.24) is 9.78 Å². The lowest BCUT2D eigenvalue weighted by Gasteiger charge is -2.14. The molecule has 0 spiro atoms. The molecule has 1 rings (SSSR count). The summed E-state index contributed by atoms with van der Waals surface area (Å²) in [5, 5.41) is 12.1. The highest BCUT2D eigenvalue weighted by atomic mass is 19.4. The van der Waals surface area contributed by atoms with Crippen LogP contribution < -0.4 is 0 Å². The van der Waals surface area contributed by atoms with E-state index in [9.17, 15) is 13.2 Å². The fourth-order valence-corrected chi connectivity index (χ4v) is 1.09. The topological polar surface area (TPSA) is 41.6 Å². The Morgan fingerprint density at radius 1 is 1.44 bits per heavy atom. The molecule has 0 aliphatic rings. The molecule has 0 amide bonds. The second-order valence-electron chi connectivity index (χ2n) is 4.21. The molecule has 0 fully saturated rings. The molecule has 0 unspecified atom stereocenters. The third kappa shape index (κ3) is 3.26. The van der Waals surface area contributed by atoms with Crippen molar-refractivity contribution in [3.05, 3.63) is 18.0 Å². The number of aryl methyl sites for hydroxylation is 1. The van der Waals surface area contributed by atoms with Gasteiger partial charge in [0.1, 0.15) is 0 Å². The molecular weight excluding hydrogens is 219 g/mol. The van der Waals surface area contributed by atoms with Crippen LogP contribution >= 0.6 is 0 Å². The maximum absolute atomic E-state index is 12.2. The minimum Gasteiger partial charge on any atom is -0.272 e. The van der Waals surface area contributed by atoms with Gasteiger partial charge in [-0.05, 0) is 26.3 Å². The van der Waals surface area contributed by atoms with Gasteiger partial charge >= 0.3 is 6.18 Å². The first kappa shape index (κ1) is 12.6. The molecule has 1 heterocycles. The quantitative estimate of drug-likeness (QED) is 0.802. The Balaban J connectivity index is 2.65. The van der Waals surface area contributed by atoms with Gasteiger partial charge in [0.25, 0.3) is 0 Å². The molecule has 1 aromatic rings. The summed E-state index contributed by atoms with van der Waals surface area (Å²) in [7, 11) is 0. The van der Waals surface area contributed by atoms with Crippen molar-refractivity contribution in [1.29, 1.82) is 5.26 Å². The van der Waals surface area contributed by atoms with Crippen LogP contribution in [0.2, 0.25) is 0 Å². The molecule has 6 heteroatoms. The summed E-state index contributed by atoms with van der Waals surface area (Å²) in [6.45, 7) is 3.78. The van der Waals surface area contributed by atoms with E-state index in [2.05, 4.69) is 11.2 Å². The Morgan fingerprint density at radius 2 is 2.06 bits per heavy atom. The lowest BCUT2D eigenvalue weighted by molar-refractivity contribution is -0.141. The fourth-order valence-electron chi connectivity index (χ4n) is 1.09. The van der Waals surface area contributed by atoms with E-state index in [-0.39, 0.29) is 0 Å². The smallest absolute Gasteiger partial charge is 0.272 e. The third-order valence-electron chi connectivity index (χ3n) is 2.20. The van der Waals surface area contributed by atoms with Gasteiger partial charge in [0, 0.05) is 12.7 Å². The molecule has 0 aliphatic carbocycles. The number of halogens is 3. The Kier molecular flexibility index (Phi) is 3.27. The molecule has 1 aromatic heterocycles. The molecule has 0 saturated carbocycles. The number of alkyl halides is 3. The second-order valence-corrected chi connectivity index (χ2v) is 4.21. The summed E-state index contributed by atoms with van der Waals surface area (Å²) in [4.78, 5) is 0. The summed E-state index contributed by atoms with van der Waals surface area (Å²) in [6.07, 6.45) is -2.67. The molecule has 0 N–H and O–H groups in total. The summed E-state index contributed by atoms with van der Waals surface area (Å²) < 4.78 is 37.9. The summed E-state index contributed by atoms with van der Waals surface area (Å²) in [5.41, 5.74) is -1.45. The average Bonchev–Trinajstić information content (AvgIpc) is 2.63. The minimum atomic E-state index is -4.41. The minimum absolute atomic E-state index is 0.302. The van der Waals surface area contributed by atoms with Crippen LogP contribution in [0.5, 0.6) is 0 Å². The van der Waals surface area contributed by atoms with Crippen molar-refractivity contribution in [2.75, 3.05) is 0 Å². The molecule has 0 saturated heterocycles. The van der Waals surface area contributed by atoms with Gasteiger partial charge in [0.05, 0.1) is 11.5 Å². The number of rotatable bonds is 3. The van der Waals surface area contributed by atoms with E-state index in [4.69, 9.17) is 5.26 Å². The number of nitrogens with zero attached hydrogens (tertiary/aromatic N) is 3. The number of aromatic nitrogens is 2. The van der Waals surface area contributed by atoms with Gasteiger partial charge in [-0.1, -0.05) is 0 Å². The molecule has 0 bridgehead atoms. The maximum atomic E-state index is 12.2. The predicted octanol–water partition coefficient (Wildman–Crippen LogP) is 2.84. The van der Waals surface area contributed by atoms with Gasteiger partial charge in [-0.25, -0.2) is 0 Å². The van der Waals surface area contributed by atoms with Gasteiger partial charge in [0.2, 0.25) is 0 Å². The standard InChI is InChI=1S/C10H12F3N3/c1-9(2,7-14)4-6-16-5-3-8(15-16)10(11,12)13/h3,5H,4,6H2,1-2H3. The lowest BCUT2D eigenvalue weighted by atomic mass is 9.92. The average molecular weight is 231 g/mol. The normalized spacial score (nSPS) is 12.5. The highest BCUT2D eigenvalue weighted by molar-refractivity contribution is 5.03. The van der Waals surface area contributed by atoms with Gasteiger partial charge in [-0.3, -0.25) is 4.68 Å². The van der Waals surface area contributed by atoms with Crippen LogP contribution in [0.15, 0.2) is 12.3 Å². The highest BCUT2D eigenvalue weighted by Gasteiger charge is 2.33. The van der Waals surface area contributed by atoms with E-state index in [1.807, 2.05) is 0 Å². The number of nitriles is 1. The van der Waals surface area contributed by atoms with E-state index >= 15 is 0 Å². The summed E-state index contributed by atoms with van der Waals surface area (Å²) >= 11 is 0. The molecule has 0 aliphatic heterocycles. The van der Waals surface area contributed by atoms with Crippen molar-refractivity contribution in [3.63, 3.8) is 0 Å². The molecule has 16 heavy (non-hydrogen) atoms. The zero-order chi connectivity index (χ0) is 12.4. The van der Waals surface area contributed by atoms with E-state index in [1.54, 1.807) is 13.8 Å². The van der Waals surface area contributed by atoms with E-state index in [0.717, 1.165) is 6.07 Å². The lowest BCUT2D eigenvalue weighted by Crippen LogP contribution is -2.14. The number of hydrogen-bond donors (Lipinski definition) is 0. The number of hydrogen-bond acceptors (Lipinski definition) is 2. The largest absolute Gasteiger partial charge is 0.435 e. The predicted molar refractivity (Wildman–Crippen MR) is 51.2 cm³/mol. The molecule has 0 aromatic carbocycles. The third-order valence-corrected chi connectivity index (χ3v) is 2.20. The second kappa shape index (κ2) is 4.16. The van der Waals surface area contributed by atoms with Crippen LogP contribution in [0.25, 0.3) is 0 Å². The maximum Gasteiger partial charge on any atom is 0.435 e. The van der Waals surface area contributed by atoms with E-state index in [1.165, 1.54) is 10.9 Å². The van der Waals surface area contributed by atoms with Crippen LogP contribution in [0, 0.1) is 16.7 Å². The molecule has 0 atom stereocenters. The molecule has 88 valence electrons. The van der Waals surface area contributed by atoms with Gasteiger partial charge in [-0.15, -0.1) is 0 Å². The van der Waals surface area contributed by atoms with Crippen molar-refractivity contribution in [3.8, 4) is 6.07 Å². The molecular formula is C10H12F3N3. The summed E-state index contributed by atoms with van der Waals surface area (Å²) in [5.74, 6) is 0.